The molecule has 6 nitrogen and oxygen atoms in total. The highest BCUT2D eigenvalue weighted by molar-refractivity contribution is 6.30. The lowest BCUT2D eigenvalue weighted by Crippen LogP contribution is -2.33. The molecule has 7 heteroatoms. The molecular formula is C16H14ClN3O3. The molecule has 0 radical (unpaired) electrons. The summed E-state index contributed by atoms with van der Waals surface area (Å²) in [7, 11) is 0. The summed E-state index contributed by atoms with van der Waals surface area (Å²) < 4.78 is 1.05. The SMILES string of the molecule is O=c1[nH]c2cc(NCCO)ccc2c(=O)n1-c1cccc(Cl)c1. The third-order valence-electron chi connectivity index (χ3n) is 3.41. The third kappa shape index (κ3) is 2.99. The zero-order valence-electron chi connectivity index (χ0n) is 12.0. The van der Waals surface area contributed by atoms with Gasteiger partial charge in [0.1, 0.15) is 0 Å². The first-order valence-corrected chi connectivity index (χ1v) is 7.38. The molecule has 0 spiro atoms. The Morgan fingerprint density at radius 3 is 2.74 bits per heavy atom. The lowest BCUT2D eigenvalue weighted by Gasteiger charge is -2.09. The van der Waals surface area contributed by atoms with Crippen molar-refractivity contribution < 1.29 is 5.11 Å². The van der Waals surface area contributed by atoms with Crippen molar-refractivity contribution in [2.45, 2.75) is 0 Å². The molecule has 23 heavy (non-hydrogen) atoms. The maximum atomic E-state index is 12.6. The van der Waals surface area contributed by atoms with E-state index >= 15 is 0 Å². The van der Waals surface area contributed by atoms with E-state index in [4.69, 9.17) is 16.7 Å². The van der Waals surface area contributed by atoms with Crippen LogP contribution >= 0.6 is 11.6 Å². The first kappa shape index (κ1) is 15.3. The van der Waals surface area contributed by atoms with Crippen LogP contribution in [-0.4, -0.2) is 27.8 Å². The van der Waals surface area contributed by atoms with E-state index in [2.05, 4.69) is 10.3 Å². The molecule has 1 heterocycles. The molecule has 1 aromatic heterocycles. The van der Waals surface area contributed by atoms with Crippen LogP contribution in [0, 0.1) is 0 Å². The van der Waals surface area contributed by atoms with Crippen LogP contribution in [0.1, 0.15) is 0 Å². The van der Waals surface area contributed by atoms with Gasteiger partial charge in [0.25, 0.3) is 5.56 Å². The van der Waals surface area contributed by atoms with Crippen LogP contribution < -0.4 is 16.6 Å². The topological polar surface area (TPSA) is 87.1 Å². The number of benzene rings is 2. The number of aromatic amines is 1. The van der Waals surface area contributed by atoms with Crippen LogP contribution in [0.2, 0.25) is 5.02 Å². The van der Waals surface area contributed by atoms with Crippen LogP contribution in [0.25, 0.3) is 16.6 Å². The van der Waals surface area contributed by atoms with Crippen molar-refractivity contribution in [1.82, 2.24) is 9.55 Å². The Labute approximate surface area is 136 Å². The number of nitrogens with zero attached hydrogens (tertiary/aromatic N) is 1. The maximum Gasteiger partial charge on any atom is 0.333 e. The number of fused-ring (bicyclic) bond motifs is 1. The molecule has 0 aliphatic rings. The summed E-state index contributed by atoms with van der Waals surface area (Å²) in [5, 5.41) is 12.6. The summed E-state index contributed by atoms with van der Waals surface area (Å²) >= 11 is 5.93. The van der Waals surface area contributed by atoms with Gasteiger partial charge in [0.2, 0.25) is 0 Å². The van der Waals surface area contributed by atoms with Gasteiger partial charge in [-0.05, 0) is 36.4 Å². The molecule has 0 bridgehead atoms. The van der Waals surface area contributed by atoms with Gasteiger partial charge in [-0.2, -0.15) is 0 Å². The quantitative estimate of drug-likeness (QED) is 0.679. The molecule has 118 valence electrons. The van der Waals surface area contributed by atoms with Gasteiger partial charge in [0.15, 0.2) is 0 Å². The molecule has 0 saturated carbocycles. The standard InChI is InChI=1S/C16H14ClN3O3/c17-10-2-1-3-12(8-10)20-15(22)13-5-4-11(18-6-7-21)9-14(13)19-16(20)23/h1-5,8-9,18,21H,6-7H2,(H,19,23). The minimum Gasteiger partial charge on any atom is -0.395 e. The summed E-state index contributed by atoms with van der Waals surface area (Å²) in [5.41, 5.74) is 0.597. The van der Waals surface area contributed by atoms with E-state index in [-0.39, 0.29) is 6.61 Å². The van der Waals surface area contributed by atoms with Crippen LogP contribution in [-0.2, 0) is 0 Å². The van der Waals surface area contributed by atoms with E-state index in [0.717, 1.165) is 4.57 Å². The average Bonchev–Trinajstić information content (AvgIpc) is 2.52. The second-order valence-corrected chi connectivity index (χ2v) is 5.40. The third-order valence-corrected chi connectivity index (χ3v) is 3.64. The monoisotopic (exact) mass is 331 g/mol. The highest BCUT2D eigenvalue weighted by Gasteiger charge is 2.10. The fourth-order valence-corrected chi connectivity index (χ4v) is 2.56. The number of hydrogen-bond acceptors (Lipinski definition) is 4. The van der Waals surface area contributed by atoms with E-state index in [1.54, 1.807) is 42.5 Å². The Hall–Kier alpha value is -2.57. The molecule has 0 aliphatic heterocycles. The van der Waals surface area contributed by atoms with Crippen molar-refractivity contribution in [2.24, 2.45) is 0 Å². The number of aromatic nitrogens is 2. The number of nitrogens with one attached hydrogen (secondary N) is 2. The lowest BCUT2D eigenvalue weighted by molar-refractivity contribution is 0.311. The molecule has 0 saturated heterocycles. The molecule has 0 unspecified atom stereocenters. The van der Waals surface area contributed by atoms with Crippen LogP contribution in [0.4, 0.5) is 5.69 Å². The van der Waals surface area contributed by atoms with Gasteiger partial charge in [-0.1, -0.05) is 17.7 Å². The number of aliphatic hydroxyl groups is 1. The molecule has 3 rings (SSSR count). The number of anilines is 1. The number of halogens is 1. The van der Waals surface area contributed by atoms with Crippen molar-refractivity contribution >= 4 is 28.2 Å². The van der Waals surface area contributed by atoms with E-state index < -0.39 is 11.2 Å². The maximum absolute atomic E-state index is 12.6. The Balaban J connectivity index is 2.19. The number of hydrogen-bond donors (Lipinski definition) is 3. The van der Waals surface area contributed by atoms with Gasteiger partial charge >= 0.3 is 5.69 Å². The summed E-state index contributed by atoms with van der Waals surface area (Å²) in [6.07, 6.45) is 0. The fraction of sp³-hybridized carbons (Fsp3) is 0.125. The molecule has 0 amide bonds. The molecule has 0 fully saturated rings. The number of H-pyrrole nitrogens is 1. The predicted octanol–water partition coefficient (Wildman–Crippen LogP) is 1.74. The Kier molecular flexibility index (Phi) is 4.18. The van der Waals surface area contributed by atoms with Crippen molar-refractivity contribution in [2.75, 3.05) is 18.5 Å². The zero-order chi connectivity index (χ0) is 16.4. The molecule has 3 N–H and O–H groups in total. The highest BCUT2D eigenvalue weighted by atomic mass is 35.5. The molecule has 2 aromatic carbocycles. The van der Waals surface area contributed by atoms with Gasteiger partial charge in [0.05, 0.1) is 23.2 Å². The van der Waals surface area contributed by atoms with Crippen LogP contribution in [0.5, 0.6) is 0 Å². The lowest BCUT2D eigenvalue weighted by atomic mass is 10.2. The first-order chi connectivity index (χ1) is 11.1. The minimum absolute atomic E-state index is 0.00901. The normalized spacial score (nSPS) is 10.9. The highest BCUT2D eigenvalue weighted by Crippen LogP contribution is 2.15. The molecule has 0 atom stereocenters. The van der Waals surface area contributed by atoms with Crippen molar-refractivity contribution in [1.29, 1.82) is 0 Å². The predicted molar refractivity (Wildman–Crippen MR) is 90.8 cm³/mol. The van der Waals surface area contributed by atoms with Gasteiger partial charge in [-0.15, -0.1) is 0 Å². The Bertz CT molecular complexity index is 978. The summed E-state index contributed by atoms with van der Waals surface area (Å²) in [6, 6.07) is 11.6. The molecule has 3 aromatic rings. The van der Waals surface area contributed by atoms with Crippen molar-refractivity contribution in [3.05, 3.63) is 68.3 Å². The van der Waals surface area contributed by atoms with Crippen molar-refractivity contribution in [3.8, 4) is 5.69 Å². The molecular weight excluding hydrogens is 318 g/mol. The largest absolute Gasteiger partial charge is 0.395 e. The van der Waals surface area contributed by atoms with E-state index in [1.165, 1.54) is 0 Å². The summed E-state index contributed by atoms with van der Waals surface area (Å²) in [5.74, 6) is 0. The summed E-state index contributed by atoms with van der Waals surface area (Å²) in [4.78, 5) is 27.6. The first-order valence-electron chi connectivity index (χ1n) is 7.00. The molecule has 0 aliphatic carbocycles. The second kappa shape index (κ2) is 6.28. The van der Waals surface area contributed by atoms with Crippen LogP contribution in [0.15, 0.2) is 52.1 Å². The van der Waals surface area contributed by atoms with Gasteiger partial charge < -0.3 is 15.4 Å². The van der Waals surface area contributed by atoms with E-state index in [9.17, 15) is 9.59 Å². The number of aliphatic hydroxyl groups excluding tert-OH is 1. The van der Waals surface area contributed by atoms with Crippen LogP contribution in [0.3, 0.4) is 0 Å². The minimum atomic E-state index is -0.538. The smallest absolute Gasteiger partial charge is 0.333 e. The van der Waals surface area contributed by atoms with E-state index in [0.29, 0.717) is 33.8 Å². The Morgan fingerprint density at radius 1 is 1.17 bits per heavy atom. The van der Waals surface area contributed by atoms with Gasteiger partial charge in [-0.3, -0.25) is 4.79 Å². The van der Waals surface area contributed by atoms with E-state index in [1.807, 2.05) is 0 Å². The fourth-order valence-electron chi connectivity index (χ4n) is 2.38. The average molecular weight is 332 g/mol. The number of rotatable bonds is 4. The Morgan fingerprint density at radius 2 is 2.00 bits per heavy atom. The van der Waals surface area contributed by atoms with Gasteiger partial charge in [-0.25, -0.2) is 9.36 Å². The second-order valence-electron chi connectivity index (χ2n) is 4.96. The zero-order valence-corrected chi connectivity index (χ0v) is 12.8. The van der Waals surface area contributed by atoms with Gasteiger partial charge in [0, 0.05) is 17.3 Å². The van der Waals surface area contributed by atoms with Crippen molar-refractivity contribution in [3.63, 3.8) is 0 Å². The summed E-state index contributed by atoms with van der Waals surface area (Å²) in [6.45, 7) is 0.375.